The number of nitrogens with zero attached hydrogens (tertiary/aromatic N) is 4. The number of rotatable bonds is 8. The summed E-state index contributed by atoms with van der Waals surface area (Å²) in [6.45, 7) is 18.5. The molecule has 0 radical (unpaired) electrons. The van der Waals surface area contributed by atoms with E-state index in [4.69, 9.17) is 0 Å². The molecule has 0 unspecified atom stereocenters. The standard InChI is InChI=1S/C78H64N4S/c1-49-27-33-55(34-28-49)80(56-35-29-50(2)30-36-56)58-37-41-70-66(45-58)77(5,6)65-24-16-17-25-69(65)81(70)75-60-39-31-52(4)44-64(60)76(61-40-32-51(3)43-63(61)75)82-71-42-38-57(79(53-19-11-9-12-20-53)54-21-13-10-14-22-54)46-67(71)78(7,8)68-47-62-59-23-15-18-26-73(59)83-74(62)48-72(68)82/h9-48H,1-8H3. The van der Waals surface area contributed by atoms with Crippen molar-refractivity contribution < 1.29 is 0 Å². The largest absolute Gasteiger partial charge is 0.310 e. The van der Waals surface area contributed by atoms with E-state index in [1.165, 1.54) is 120 Å². The Morgan fingerprint density at radius 1 is 0.277 bits per heavy atom. The van der Waals surface area contributed by atoms with Gasteiger partial charge in [-0.15, -0.1) is 11.3 Å². The zero-order chi connectivity index (χ0) is 56.5. The van der Waals surface area contributed by atoms with E-state index in [-0.39, 0.29) is 5.41 Å². The molecule has 83 heavy (non-hydrogen) atoms. The third-order valence-corrected chi connectivity index (χ3v) is 19.1. The van der Waals surface area contributed by atoms with E-state index in [2.05, 4.69) is 318 Å². The van der Waals surface area contributed by atoms with Crippen LogP contribution < -0.4 is 19.6 Å². The van der Waals surface area contributed by atoms with E-state index in [9.17, 15) is 0 Å². The number of benzene rings is 12. The molecule has 0 fully saturated rings. The second-order valence-electron chi connectivity index (χ2n) is 24.1. The fourth-order valence-corrected chi connectivity index (χ4v) is 14.8. The van der Waals surface area contributed by atoms with Crippen LogP contribution in [0.4, 0.5) is 68.2 Å². The lowest BCUT2D eigenvalue weighted by atomic mass is 9.72. The first-order chi connectivity index (χ1) is 40.3. The van der Waals surface area contributed by atoms with E-state index in [0.717, 1.165) is 34.1 Å². The molecule has 402 valence electrons. The first-order valence-electron chi connectivity index (χ1n) is 29.1. The number of aryl methyl sites for hydroxylation is 4. The smallest absolute Gasteiger partial charge is 0.0620 e. The summed E-state index contributed by atoms with van der Waals surface area (Å²) in [5.74, 6) is 0. The van der Waals surface area contributed by atoms with Gasteiger partial charge < -0.3 is 19.6 Å². The highest BCUT2D eigenvalue weighted by Gasteiger charge is 2.42. The van der Waals surface area contributed by atoms with Crippen LogP contribution in [0.2, 0.25) is 0 Å². The lowest BCUT2D eigenvalue weighted by Gasteiger charge is -2.45. The van der Waals surface area contributed by atoms with Crippen molar-refractivity contribution >= 4 is 121 Å². The van der Waals surface area contributed by atoms with Crippen LogP contribution >= 0.6 is 11.3 Å². The van der Waals surface area contributed by atoms with Crippen molar-refractivity contribution in [1.29, 1.82) is 0 Å². The maximum atomic E-state index is 2.65. The Kier molecular flexibility index (Phi) is 11.6. The Morgan fingerprint density at radius 3 is 1.23 bits per heavy atom. The predicted octanol–water partition coefficient (Wildman–Crippen LogP) is 22.8. The molecule has 12 aromatic carbocycles. The summed E-state index contributed by atoms with van der Waals surface area (Å²) in [5.41, 5.74) is 23.1. The molecule has 0 bridgehead atoms. The molecule has 5 heteroatoms. The number of hydrogen-bond acceptors (Lipinski definition) is 5. The highest BCUT2D eigenvalue weighted by atomic mass is 32.1. The van der Waals surface area contributed by atoms with E-state index in [1.807, 2.05) is 11.3 Å². The van der Waals surface area contributed by atoms with Gasteiger partial charge in [-0.05, 0) is 171 Å². The fourth-order valence-electron chi connectivity index (χ4n) is 13.7. The van der Waals surface area contributed by atoms with Gasteiger partial charge in [0.1, 0.15) is 0 Å². The minimum atomic E-state index is -0.396. The summed E-state index contributed by atoms with van der Waals surface area (Å²) in [6.07, 6.45) is 0. The highest BCUT2D eigenvalue weighted by Crippen LogP contribution is 2.61. The summed E-state index contributed by atoms with van der Waals surface area (Å²) in [6, 6.07) is 91.4. The van der Waals surface area contributed by atoms with Gasteiger partial charge in [-0.25, -0.2) is 0 Å². The summed E-state index contributed by atoms with van der Waals surface area (Å²) in [7, 11) is 0. The Hall–Kier alpha value is -9.42. The van der Waals surface area contributed by atoms with Crippen molar-refractivity contribution in [3.8, 4) is 0 Å². The van der Waals surface area contributed by atoms with Crippen LogP contribution in [0.25, 0.3) is 41.7 Å². The molecule has 0 saturated carbocycles. The minimum absolute atomic E-state index is 0.343. The van der Waals surface area contributed by atoms with Crippen molar-refractivity contribution in [3.63, 3.8) is 0 Å². The van der Waals surface area contributed by atoms with Gasteiger partial charge >= 0.3 is 0 Å². The highest BCUT2D eigenvalue weighted by molar-refractivity contribution is 7.25. The van der Waals surface area contributed by atoms with Crippen LogP contribution in [0.1, 0.15) is 72.2 Å². The Labute approximate surface area is 491 Å². The monoisotopic (exact) mass is 1090 g/mol. The van der Waals surface area contributed by atoms with Crippen LogP contribution in [0.5, 0.6) is 0 Å². The van der Waals surface area contributed by atoms with Crippen molar-refractivity contribution in [2.24, 2.45) is 0 Å². The predicted molar refractivity (Wildman–Crippen MR) is 356 cm³/mol. The Morgan fingerprint density at radius 2 is 0.687 bits per heavy atom. The van der Waals surface area contributed by atoms with E-state index in [0.29, 0.717) is 0 Å². The van der Waals surface area contributed by atoms with Gasteiger partial charge in [0, 0.05) is 86.7 Å². The summed E-state index contributed by atoms with van der Waals surface area (Å²) in [5, 5.41) is 7.40. The van der Waals surface area contributed by atoms with Gasteiger partial charge in [0.05, 0.1) is 34.1 Å². The zero-order valence-corrected chi connectivity index (χ0v) is 49.1. The lowest BCUT2D eigenvalue weighted by molar-refractivity contribution is 0.632. The lowest BCUT2D eigenvalue weighted by Crippen LogP contribution is -2.32. The van der Waals surface area contributed by atoms with Gasteiger partial charge in [-0.1, -0.05) is 171 Å². The first kappa shape index (κ1) is 50.5. The number of anilines is 12. The van der Waals surface area contributed by atoms with Gasteiger partial charge in [-0.2, -0.15) is 0 Å². The van der Waals surface area contributed by atoms with E-state index >= 15 is 0 Å². The van der Waals surface area contributed by atoms with Crippen molar-refractivity contribution in [3.05, 3.63) is 287 Å². The summed E-state index contributed by atoms with van der Waals surface area (Å²) >= 11 is 1.89. The summed E-state index contributed by atoms with van der Waals surface area (Å²) in [4.78, 5) is 10.1. The van der Waals surface area contributed by atoms with Crippen LogP contribution in [0.15, 0.2) is 243 Å². The van der Waals surface area contributed by atoms with Crippen LogP contribution in [0.3, 0.4) is 0 Å². The number of hydrogen-bond donors (Lipinski definition) is 0. The third-order valence-electron chi connectivity index (χ3n) is 18.0. The third kappa shape index (κ3) is 8.00. The maximum Gasteiger partial charge on any atom is 0.0620 e. The van der Waals surface area contributed by atoms with Gasteiger partial charge in [-0.3, -0.25) is 0 Å². The Bertz CT molecular complexity index is 4640. The summed E-state index contributed by atoms with van der Waals surface area (Å²) < 4.78 is 2.59. The number of para-hydroxylation sites is 3. The molecule has 15 rings (SSSR count). The average Bonchev–Trinajstić information content (AvgIpc) is 1.99. The van der Waals surface area contributed by atoms with Crippen molar-refractivity contribution in [2.45, 2.75) is 66.2 Å². The van der Waals surface area contributed by atoms with E-state index in [1.54, 1.807) is 0 Å². The quantitative estimate of drug-likeness (QED) is 0.141. The van der Waals surface area contributed by atoms with Crippen molar-refractivity contribution in [1.82, 2.24) is 0 Å². The molecular weight excluding hydrogens is 1020 g/mol. The molecule has 3 heterocycles. The minimum Gasteiger partial charge on any atom is -0.310 e. The van der Waals surface area contributed by atoms with E-state index < -0.39 is 5.41 Å². The Balaban J connectivity index is 1.01. The molecule has 0 atom stereocenters. The molecule has 0 spiro atoms. The van der Waals surface area contributed by atoms with Crippen LogP contribution in [-0.2, 0) is 10.8 Å². The molecule has 0 aliphatic carbocycles. The molecule has 1 aromatic heterocycles. The molecule has 2 aliphatic rings. The van der Waals surface area contributed by atoms with Gasteiger partial charge in [0.25, 0.3) is 0 Å². The number of fused-ring (bicyclic) bond motifs is 9. The topological polar surface area (TPSA) is 13.0 Å². The molecule has 0 saturated heterocycles. The molecule has 0 N–H and O–H groups in total. The normalized spacial score (nSPS) is 13.9. The first-order valence-corrected chi connectivity index (χ1v) is 29.9. The average molecular weight is 1090 g/mol. The molecular formula is C78H64N4S. The van der Waals surface area contributed by atoms with Crippen LogP contribution in [-0.4, -0.2) is 0 Å². The van der Waals surface area contributed by atoms with Crippen LogP contribution in [0, 0.1) is 27.7 Å². The van der Waals surface area contributed by atoms with Crippen molar-refractivity contribution in [2.75, 3.05) is 19.6 Å². The molecule has 2 aliphatic heterocycles. The van der Waals surface area contributed by atoms with Gasteiger partial charge in [0.2, 0.25) is 0 Å². The second kappa shape index (κ2) is 19.1. The molecule has 4 nitrogen and oxygen atoms in total. The zero-order valence-electron chi connectivity index (χ0n) is 48.3. The molecule has 0 amide bonds. The second-order valence-corrected chi connectivity index (χ2v) is 25.2. The van der Waals surface area contributed by atoms with Gasteiger partial charge in [0.15, 0.2) is 0 Å². The maximum absolute atomic E-state index is 2.65. The SMILES string of the molecule is Cc1ccc(N(c2ccc(C)cc2)c2ccc3c(c2)C(C)(C)c2ccccc2N3c2c3ccc(C)cc3c(N3c4ccc(N(c5ccccc5)c5ccccc5)cc4C(C)(C)c4cc5c(cc43)sc3ccccc35)c3ccc(C)cc23)cc1. The fraction of sp³-hybridized carbons (Fsp3) is 0.128. The molecule has 13 aromatic rings. The number of thiophene rings is 1.